The molecule has 0 saturated heterocycles. The molecule has 0 aliphatic rings. The Bertz CT molecular complexity index is 847. The van der Waals surface area contributed by atoms with E-state index in [0.717, 1.165) is 18.2 Å². The summed E-state index contributed by atoms with van der Waals surface area (Å²) in [6.07, 6.45) is 0. The number of hydrogen-bond acceptors (Lipinski definition) is 4. The first-order valence-corrected chi connectivity index (χ1v) is 7.47. The summed E-state index contributed by atoms with van der Waals surface area (Å²) < 4.78 is 39.8. The fraction of sp³-hybridized carbons (Fsp3) is 0. The maximum absolute atomic E-state index is 13.2. The molecular weight excluding hydrogens is 317 g/mol. The van der Waals surface area contributed by atoms with Crippen LogP contribution in [-0.4, -0.2) is 8.42 Å². The lowest BCUT2D eigenvalue weighted by Gasteiger charge is -2.11. The molecule has 0 radical (unpaired) electrons. The second-order valence-electron chi connectivity index (χ2n) is 4.09. The van der Waals surface area contributed by atoms with Gasteiger partial charge in [0.1, 0.15) is 10.7 Å². The Hall–Kier alpha value is -2.30. The standard InChI is InChI=1S/C13H9ClFN3O2S/c14-10-5-8(7-16)1-4-12(10)18-21(19,20)13-6-9(15)2-3-11(13)17/h1-6,18H,17H2. The van der Waals surface area contributed by atoms with Crippen LogP contribution in [0.2, 0.25) is 5.02 Å². The zero-order valence-corrected chi connectivity index (χ0v) is 12.0. The SMILES string of the molecule is N#Cc1ccc(NS(=O)(=O)c2cc(F)ccc2N)c(Cl)c1. The maximum atomic E-state index is 13.2. The molecule has 2 aromatic carbocycles. The number of halogens is 2. The molecule has 5 nitrogen and oxygen atoms in total. The van der Waals surface area contributed by atoms with Gasteiger partial charge in [-0.15, -0.1) is 0 Å². The molecule has 8 heteroatoms. The summed E-state index contributed by atoms with van der Waals surface area (Å²) in [5.74, 6) is -0.726. The van der Waals surface area contributed by atoms with E-state index in [9.17, 15) is 12.8 Å². The highest BCUT2D eigenvalue weighted by Crippen LogP contribution is 2.27. The number of nitrogens with two attached hydrogens (primary N) is 1. The highest BCUT2D eigenvalue weighted by Gasteiger charge is 2.19. The van der Waals surface area contributed by atoms with Gasteiger partial charge in [-0.3, -0.25) is 4.72 Å². The molecule has 0 amide bonds. The van der Waals surface area contributed by atoms with Crippen molar-refractivity contribution < 1.29 is 12.8 Å². The van der Waals surface area contributed by atoms with Gasteiger partial charge in [0.25, 0.3) is 10.0 Å². The Kier molecular flexibility index (Phi) is 4.02. The molecule has 108 valence electrons. The molecule has 0 aliphatic heterocycles. The third-order valence-electron chi connectivity index (χ3n) is 2.61. The van der Waals surface area contributed by atoms with E-state index < -0.39 is 15.8 Å². The van der Waals surface area contributed by atoms with E-state index in [0.29, 0.717) is 0 Å². The maximum Gasteiger partial charge on any atom is 0.264 e. The third kappa shape index (κ3) is 3.24. The lowest BCUT2D eigenvalue weighted by molar-refractivity contribution is 0.596. The first-order valence-electron chi connectivity index (χ1n) is 5.61. The van der Waals surface area contributed by atoms with Gasteiger partial charge in [-0.2, -0.15) is 5.26 Å². The van der Waals surface area contributed by atoms with Crippen LogP contribution in [0.1, 0.15) is 5.56 Å². The average molecular weight is 326 g/mol. The van der Waals surface area contributed by atoms with Crippen molar-refractivity contribution in [1.82, 2.24) is 0 Å². The summed E-state index contributed by atoms with van der Waals surface area (Å²) in [5, 5.41) is 8.77. The van der Waals surface area contributed by atoms with Crippen molar-refractivity contribution in [3.8, 4) is 6.07 Å². The number of rotatable bonds is 3. The van der Waals surface area contributed by atoms with Crippen LogP contribution >= 0.6 is 11.6 Å². The quantitative estimate of drug-likeness (QED) is 0.848. The molecule has 0 saturated carbocycles. The van der Waals surface area contributed by atoms with Gasteiger partial charge in [-0.05, 0) is 36.4 Å². The topological polar surface area (TPSA) is 96.0 Å². The van der Waals surface area contributed by atoms with Crippen molar-refractivity contribution in [2.75, 3.05) is 10.5 Å². The van der Waals surface area contributed by atoms with E-state index in [1.807, 2.05) is 6.07 Å². The molecule has 0 heterocycles. The van der Waals surface area contributed by atoms with Crippen molar-refractivity contribution in [2.24, 2.45) is 0 Å². The smallest absolute Gasteiger partial charge is 0.264 e. The normalized spacial score (nSPS) is 10.9. The molecule has 2 aromatic rings. The largest absolute Gasteiger partial charge is 0.398 e. The Morgan fingerprint density at radius 2 is 1.95 bits per heavy atom. The van der Waals surface area contributed by atoms with Gasteiger partial charge in [0.2, 0.25) is 0 Å². The fourth-order valence-electron chi connectivity index (χ4n) is 1.61. The third-order valence-corrected chi connectivity index (χ3v) is 4.34. The van der Waals surface area contributed by atoms with Crippen LogP contribution in [0.3, 0.4) is 0 Å². The van der Waals surface area contributed by atoms with E-state index in [2.05, 4.69) is 4.72 Å². The number of sulfonamides is 1. The highest BCUT2D eigenvalue weighted by molar-refractivity contribution is 7.92. The van der Waals surface area contributed by atoms with Crippen LogP contribution in [0.5, 0.6) is 0 Å². The van der Waals surface area contributed by atoms with Gasteiger partial charge in [-0.1, -0.05) is 11.6 Å². The van der Waals surface area contributed by atoms with Gasteiger partial charge in [-0.25, -0.2) is 12.8 Å². The molecule has 0 unspecified atom stereocenters. The van der Waals surface area contributed by atoms with Gasteiger partial charge in [0.05, 0.1) is 28.0 Å². The number of nitrogens with one attached hydrogen (secondary N) is 1. The van der Waals surface area contributed by atoms with Crippen LogP contribution in [0.25, 0.3) is 0 Å². The molecule has 0 spiro atoms. The Balaban J connectivity index is 2.43. The lowest BCUT2D eigenvalue weighted by atomic mass is 10.2. The number of anilines is 2. The van der Waals surface area contributed by atoms with Crippen LogP contribution in [0, 0.1) is 17.1 Å². The van der Waals surface area contributed by atoms with E-state index in [1.54, 1.807) is 0 Å². The van der Waals surface area contributed by atoms with Crippen LogP contribution in [-0.2, 0) is 10.0 Å². The molecule has 0 fully saturated rings. The van der Waals surface area contributed by atoms with Gasteiger partial charge >= 0.3 is 0 Å². The molecular formula is C13H9ClFN3O2S. The Morgan fingerprint density at radius 3 is 2.57 bits per heavy atom. The monoisotopic (exact) mass is 325 g/mol. The number of nitrogen functional groups attached to an aromatic ring is 1. The molecule has 21 heavy (non-hydrogen) atoms. The summed E-state index contributed by atoms with van der Waals surface area (Å²) in [5.41, 5.74) is 5.82. The number of benzene rings is 2. The van der Waals surface area contributed by atoms with Gasteiger partial charge in [0, 0.05) is 0 Å². The summed E-state index contributed by atoms with van der Waals surface area (Å²) in [6.45, 7) is 0. The molecule has 3 N–H and O–H groups in total. The minimum absolute atomic E-state index is 0.0487. The summed E-state index contributed by atoms with van der Waals surface area (Å²) in [4.78, 5) is -0.386. The molecule has 0 atom stereocenters. The van der Waals surface area contributed by atoms with E-state index in [-0.39, 0.29) is 26.9 Å². The molecule has 0 aliphatic carbocycles. The lowest BCUT2D eigenvalue weighted by Crippen LogP contribution is -2.15. The highest BCUT2D eigenvalue weighted by atomic mass is 35.5. The van der Waals surface area contributed by atoms with Gasteiger partial charge in [0.15, 0.2) is 0 Å². The summed E-state index contributed by atoms with van der Waals surface area (Å²) >= 11 is 5.89. The predicted molar refractivity (Wildman–Crippen MR) is 77.8 cm³/mol. The first-order chi connectivity index (χ1) is 9.83. The summed E-state index contributed by atoms with van der Waals surface area (Å²) in [7, 11) is -4.09. The Morgan fingerprint density at radius 1 is 1.24 bits per heavy atom. The number of nitrogens with zero attached hydrogens (tertiary/aromatic N) is 1. The van der Waals surface area contributed by atoms with Crippen molar-refractivity contribution in [3.63, 3.8) is 0 Å². The van der Waals surface area contributed by atoms with Crippen molar-refractivity contribution in [1.29, 1.82) is 5.26 Å². The molecule has 0 aromatic heterocycles. The van der Waals surface area contributed by atoms with Crippen molar-refractivity contribution in [3.05, 3.63) is 52.8 Å². The van der Waals surface area contributed by atoms with E-state index >= 15 is 0 Å². The zero-order chi connectivity index (χ0) is 15.6. The minimum atomic E-state index is -4.09. The average Bonchev–Trinajstić information content (AvgIpc) is 2.43. The second-order valence-corrected chi connectivity index (χ2v) is 6.15. The Labute approximate surface area is 125 Å². The van der Waals surface area contributed by atoms with E-state index in [1.165, 1.54) is 18.2 Å². The van der Waals surface area contributed by atoms with Crippen LogP contribution < -0.4 is 10.5 Å². The number of nitriles is 1. The predicted octanol–water partition coefficient (Wildman–Crippen LogP) is 2.73. The van der Waals surface area contributed by atoms with Crippen molar-refractivity contribution in [2.45, 2.75) is 4.90 Å². The van der Waals surface area contributed by atoms with Gasteiger partial charge < -0.3 is 5.73 Å². The number of hydrogen-bond donors (Lipinski definition) is 2. The zero-order valence-electron chi connectivity index (χ0n) is 10.5. The summed E-state index contributed by atoms with van der Waals surface area (Å²) in [6, 6.07) is 8.96. The van der Waals surface area contributed by atoms with Crippen molar-refractivity contribution >= 4 is 33.0 Å². The fourth-order valence-corrected chi connectivity index (χ4v) is 3.12. The first kappa shape index (κ1) is 15.1. The van der Waals surface area contributed by atoms with E-state index in [4.69, 9.17) is 22.6 Å². The van der Waals surface area contributed by atoms with Crippen LogP contribution in [0.4, 0.5) is 15.8 Å². The molecule has 2 rings (SSSR count). The van der Waals surface area contributed by atoms with Crippen LogP contribution in [0.15, 0.2) is 41.3 Å². The minimum Gasteiger partial charge on any atom is -0.398 e. The molecule has 0 bridgehead atoms. The second kappa shape index (κ2) is 5.60.